The molecule has 0 aliphatic rings. The van der Waals surface area contributed by atoms with E-state index in [-0.39, 0.29) is 0 Å². The van der Waals surface area contributed by atoms with E-state index in [0.717, 1.165) is 28.1 Å². The highest BCUT2D eigenvalue weighted by molar-refractivity contribution is 7.17. The summed E-state index contributed by atoms with van der Waals surface area (Å²) in [6, 6.07) is 13.2. The predicted molar refractivity (Wildman–Crippen MR) is 90.9 cm³/mol. The summed E-state index contributed by atoms with van der Waals surface area (Å²) < 4.78 is 1.94. The van der Waals surface area contributed by atoms with Crippen LogP contribution < -0.4 is 0 Å². The van der Waals surface area contributed by atoms with E-state index in [1.165, 1.54) is 11.3 Å². The molecule has 5 heteroatoms. The second kappa shape index (κ2) is 5.85. The van der Waals surface area contributed by atoms with Gasteiger partial charge in [0.25, 0.3) is 0 Å². The van der Waals surface area contributed by atoms with Crippen LogP contribution in [-0.2, 0) is 0 Å². The van der Waals surface area contributed by atoms with Gasteiger partial charge in [-0.15, -0.1) is 11.3 Å². The molecule has 0 aliphatic carbocycles. The molecule has 0 fully saturated rings. The van der Waals surface area contributed by atoms with E-state index in [2.05, 4.69) is 0 Å². The molecule has 3 rings (SSSR count). The van der Waals surface area contributed by atoms with Crippen LogP contribution in [0.1, 0.15) is 31.4 Å². The lowest BCUT2D eigenvalue weighted by atomic mass is 10.1. The van der Waals surface area contributed by atoms with Crippen molar-refractivity contribution in [2.75, 3.05) is 0 Å². The summed E-state index contributed by atoms with van der Waals surface area (Å²) in [6.45, 7) is 3.69. The Bertz CT molecular complexity index is 905. The summed E-state index contributed by atoms with van der Waals surface area (Å²) in [4.78, 5) is 23.9. The number of carboxylic acids is 1. The first-order chi connectivity index (χ1) is 11.0. The summed E-state index contributed by atoms with van der Waals surface area (Å²) >= 11 is 1.42. The molecule has 3 aromatic rings. The molecule has 0 saturated carbocycles. The second-order valence-electron chi connectivity index (χ2n) is 5.26. The highest BCUT2D eigenvalue weighted by Crippen LogP contribution is 2.34. The number of thiophene rings is 1. The van der Waals surface area contributed by atoms with Gasteiger partial charge in [-0.3, -0.25) is 4.79 Å². The van der Waals surface area contributed by atoms with Crippen LogP contribution in [-0.4, -0.2) is 21.9 Å². The van der Waals surface area contributed by atoms with Crippen molar-refractivity contribution >= 4 is 23.6 Å². The van der Waals surface area contributed by atoms with Gasteiger partial charge in [-0.25, -0.2) is 4.79 Å². The average Bonchev–Trinajstić information content (AvgIpc) is 3.12. The van der Waals surface area contributed by atoms with Gasteiger partial charge < -0.3 is 9.67 Å². The predicted octanol–water partition coefficient (Wildman–Crippen LogP) is 4.33. The minimum atomic E-state index is -0.929. The Morgan fingerprint density at radius 3 is 2.52 bits per heavy atom. The van der Waals surface area contributed by atoms with Crippen molar-refractivity contribution in [1.29, 1.82) is 0 Å². The number of rotatable bonds is 4. The van der Waals surface area contributed by atoms with Gasteiger partial charge in [-0.2, -0.15) is 0 Å². The molecule has 0 atom stereocenters. The standard InChI is InChI=1S/C18H15NO3S/c1-11-9-15(18(21)22)12(2)19(11)16-6-4-3-5-14(16)17-8-7-13(10-20)23-17/h3-10H,1-2H3,(H,21,22). The SMILES string of the molecule is Cc1cc(C(=O)O)c(C)n1-c1ccccc1-c1ccc(C=O)s1. The van der Waals surface area contributed by atoms with Crippen molar-refractivity contribution < 1.29 is 14.7 Å². The van der Waals surface area contributed by atoms with E-state index in [1.54, 1.807) is 19.1 Å². The van der Waals surface area contributed by atoms with Gasteiger partial charge in [-0.1, -0.05) is 18.2 Å². The molecule has 116 valence electrons. The van der Waals surface area contributed by atoms with E-state index in [0.29, 0.717) is 16.1 Å². The van der Waals surface area contributed by atoms with Gasteiger partial charge in [-0.05, 0) is 38.1 Å². The van der Waals surface area contributed by atoms with Crippen molar-refractivity contribution in [3.8, 4) is 16.1 Å². The fourth-order valence-corrected chi connectivity index (χ4v) is 3.64. The number of para-hydroxylation sites is 1. The minimum absolute atomic E-state index is 0.303. The molecule has 0 unspecified atom stereocenters. The van der Waals surface area contributed by atoms with E-state index in [9.17, 15) is 14.7 Å². The summed E-state index contributed by atoms with van der Waals surface area (Å²) in [7, 11) is 0. The lowest BCUT2D eigenvalue weighted by Gasteiger charge is -2.14. The quantitative estimate of drug-likeness (QED) is 0.726. The van der Waals surface area contributed by atoms with Gasteiger partial charge in [0.05, 0.1) is 16.1 Å². The van der Waals surface area contributed by atoms with Crippen LogP contribution in [0.4, 0.5) is 0 Å². The Morgan fingerprint density at radius 1 is 1.17 bits per heavy atom. The van der Waals surface area contributed by atoms with Gasteiger partial charge in [0.2, 0.25) is 0 Å². The third-order valence-corrected chi connectivity index (χ3v) is 4.86. The molecule has 2 heterocycles. The van der Waals surface area contributed by atoms with Gasteiger partial charge >= 0.3 is 5.97 Å². The molecule has 4 nitrogen and oxygen atoms in total. The third-order valence-electron chi connectivity index (χ3n) is 3.81. The number of carbonyl (C=O) groups is 2. The normalized spacial score (nSPS) is 10.7. The smallest absolute Gasteiger partial charge is 0.337 e. The maximum Gasteiger partial charge on any atom is 0.337 e. The fourth-order valence-electron chi connectivity index (χ4n) is 2.79. The molecule has 0 aliphatic heterocycles. The van der Waals surface area contributed by atoms with Crippen LogP contribution >= 0.6 is 11.3 Å². The molecule has 23 heavy (non-hydrogen) atoms. The summed E-state index contributed by atoms with van der Waals surface area (Å²) in [5.74, 6) is -0.929. The van der Waals surface area contributed by atoms with Crippen molar-refractivity contribution in [1.82, 2.24) is 4.57 Å². The number of carboxylic acid groups (broad SMARTS) is 1. The summed E-state index contributed by atoms with van der Waals surface area (Å²) in [6.07, 6.45) is 0.839. The van der Waals surface area contributed by atoms with Crippen LogP contribution in [0.3, 0.4) is 0 Å². The Balaban J connectivity index is 2.22. The topological polar surface area (TPSA) is 59.3 Å². The number of aryl methyl sites for hydroxylation is 1. The van der Waals surface area contributed by atoms with E-state index in [4.69, 9.17) is 0 Å². The van der Waals surface area contributed by atoms with Crippen LogP contribution in [0.5, 0.6) is 0 Å². The number of carbonyl (C=O) groups excluding carboxylic acids is 1. The highest BCUT2D eigenvalue weighted by atomic mass is 32.1. The molecule has 1 N–H and O–H groups in total. The van der Waals surface area contributed by atoms with Crippen LogP contribution in [0.25, 0.3) is 16.1 Å². The molecule has 2 aromatic heterocycles. The van der Waals surface area contributed by atoms with Gasteiger partial charge in [0, 0.05) is 21.8 Å². The third kappa shape index (κ3) is 2.59. The van der Waals surface area contributed by atoms with Gasteiger partial charge in [0.1, 0.15) is 0 Å². The number of aromatic carboxylic acids is 1. The summed E-state index contributed by atoms with van der Waals surface area (Å²) in [5.41, 5.74) is 3.74. The first kappa shape index (κ1) is 15.2. The molecule has 0 amide bonds. The molecule has 0 saturated heterocycles. The zero-order chi connectivity index (χ0) is 16.6. The minimum Gasteiger partial charge on any atom is -0.478 e. The number of hydrogen-bond acceptors (Lipinski definition) is 3. The van der Waals surface area contributed by atoms with Crippen molar-refractivity contribution in [3.05, 3.63) is 64.3 Å². The highest BCUT2D eigenvalue weighted by Gasteiger charge is 2.18. The Morgan fingerprint density at radius 2 is 1.91 bits per heavy atom. The Labute approximate surface area is 137 Å². The lowest BCUT2D eigenvalue weighted by molar-refractivity contribution is 0.0696. The number of nitrogens with zero attached hydrogens (tertiary/aromatic N) is 1. The van der Waals surface area contributed by atoms with E-state index >= 15 is 0 Å². The van der Waals surface area contributed by atoms with E-state index < -0.39 is 5.97 Å². The maximum absolute atomic E-state index is 11.4. The van der Waals surface area contributed by atoms with Crippen LogP contribution in [0, 0.1) is 13.8 Å². The fraction of sp³-hybridized carbons (Fsp3) is 0.111. The van der Waals surface area contributed by atoms with Crippen LogP contribution in [0.15, 0.2) is 42.5 Å². The Kier molecular flexibility index (Phi) is 3.88. The molecule has 0 radical (unpaired) electrons. The maximum atomic E-state index is 11.4. The van der Waals surface area contributed by atoms with Crippen molar-refractivity contribution in [2.45, 2.75) is 13.8 Å². The van der Waals surface area contributed by atoms with Gasteiger partial charge in [0.15, 0.2) is 6.29 Å². The summed E-state index contributed by atoms with van der Waals surface area (Å²) in [5, 5.41) is 9.32. The molecule has 0 bridgehead atoms. The first-order valence-corrected chi connectivity index (χ1v) is 7.91. The average molecular weight is 325 g/mol. The number of aldehydes is 1. The number of hydrogen-bond donors (Lipinski definition) is 1. The van der Waals surface area contributed by atoms with Crippen LogP contribution in [0.2, 0.25) is 0 Å². The molecular weight excluding hydrogens is 310 g/mol. The second-order valence-corrected chi connectivity index (χ2v) is 6.38. The number of aromatic nitrogens is 1. The first-order valence-electron chi connectivity index (χ1n) is 7.10. The van der Waals surface area contributed by atoms with Crippen molar-refractivity contribution in [2.24, 2.45) is 0 Å². The Hall–Kier alpha value is -2.66. The molecule has 1 aromatic carbocycles. The monoisotopic (exact) mass is 325 g/mol. The largest absolute Gasteiger partial charge is 0.478 e. The molecule has 0 spiro atoms. The zero-order valence-electron chi connectivity index (χ0n) is 12.7. The molecular formula is C18H15NO3S. The number of benzene rings is 1. The van der Waals surface area contributed by atoms with E-state index in [1.807, 2.05) is 41.8 Å². The zero-order valence-corrected chi connectivity index (χ0v) is 13.6. The lowest BCUT2D eigenvalue weighted by Crippen LogP contribution is -2.03. The van der Waals surface area contributed by atoms with Crippen molar-refractivity contribution in [3.63, 3.8) is 0 Å².